The van der Waals surface area contributed by atoms with Gasteiger partial charge in [0.2, 0.25) is 5.91 Å². The fourth-order valence-corrected chi connectivity index (χ4v) is 3.26. The van der Waals surface area contributed by atoms with Gasteiger partial charge in [0.15, 0.2) is 0 Å². The molecule has 25 heavy (non-hydrogen) atoms. The molecule has 1 aromatic carbocycles. The molecule has 1 N–H and O–H groups in total. The summed E-state index contributed by atoms with van der Waals surface area (Å²) < 4.78 is 0. The fourth-order valence-electron chi connectivity index (χ4n) is 2.94. The third kappa shape index (κ3) is 4.51. The first kappa shape index (κ1) is 18.2. The highest BCUT2D eigenvalue weighted by molar-refractivity contribution is 6.42. The molecule has 0 aliphatic heterocycles. The van der Waals surface area contributed by atoms with E-state index in [0.29, 0.717) is 15.6 Å². The van der Waals surface area contributed by atoms with Crippen molar-refractivity contribution in [3.05, 3.63) is 63.9 Å². The molecule has 1 aromatic heterocycles. The van der Waals surface area contributed by atoms with Crippen LogP contribution >= 0.6 is 23.2 Å². The second-order valence-electron chi connectivity index (χ2n) is 6.36. The van der Waals surface area contributed by atoms with Gasteiger partial charge in [-0.15, -0.1) is 0 Å². The normalized spacial score (nSPS) is 15.5. The number of rotatable bonds is 6. The van der Waals surface area contributed by atoms with Gasteiger partial charge in [0.05, 0.1) is 29.1 Å². The predicted molar refractivity (Wildman–Crippen MR) is 98.7 cm³/mol. The number of hydrogen-bond acceptors (Lipinski definition) is 3. The van der Waals surface area contributed by atoms with Gasteiger partial charge in [0.25, 0.3) is 0 Å². The summed E-state index contributed by atoms with van der Waals surface area (Å²) >= 11 is 12.0. The maximum atomic E-state index is 12.8. The van der Waals surface area contributed by atoms with Gasteiger partial charge in [0, 0.05) is 24.0 Å². The third-order valence-electron chi connectivity index (χ3n) is 4.61. The van der Waals surface area contributed by atoms with E-state index in [1.165, 1.54) is 0 Å². The third-order valence-corrected chi connectivity index (χ3v) is 5.35. The number of halogens is 2. The second kappa shape index (κ2) is 8.17. The van der Waals surface area contributed by atoms with Crippen LogP contribution < -0.4 is 0 Å². The highest BCUT2D eigenvalue weighted by atomic mass is 35.5. The van der Waals surface area contributed by atoms with Crippen molar-refractivity contribution < 1.29 is 9.90 Å². The zero-order valence-electron chi connectivity index (χ0n) is 13.7. The lowest BCUT2D eigenvalue weighted by Crippen LogP contribution is -2.46. The number of nitrogens with zero attached hydrogens (tertiary/aromatic N) is 2. The fraction of sp³-hybridized carbons (Fsp3) is 0.368. The molecule has 1 heterocycles. The summed E-state index contributed by atoms with van der Waals surface area (Å²) in [6.45, 7) is 0.274. The van der Waals surface area contributed by atoms with Crippen molar-refractivity contribution >= 4 is 29.1 Å². The van der Waals surface area contributed by atoms with Gasteiger partial charge in [0.1, 0.15) is 0 Å². The van der Waals surface area contributed by atoms with E-state index in [2.05, 4.69) is 4.98 Å². The molecule has 4 nitrogen and oxygen atoms in total. The van der Waals surface area contributed by atoms with E-state index >= 15 is 0 Å². The lowest BCUT2D eigenvalue weighted by atomic mass is 9.90. The minimum Gasteiger partial charge on any atom is -0.386 e. The number of carbonyl (C=O) groups is 1. The first-order valence-corrected chi connectivity index (χ1v) is 9.11. The summed E-state index contributed by atoms with van der Waals surface area (Å²) in [7, 11) is 0. The zero-order chi connectivity index (χ0) is 17.8. The molecule has 1 aliphatic carbocycles. The predicted octanol–water partition coefficient (Wildman–Crippen LogP) is 4.05. The molecule has 0 spiro atoms. The first-order valence-electron chi connectivity index (χ1n) is 8.36. The highest BCUT2D eigenvalue weighted by Crippen LogP contribution is 2.28. The molecule has 3 rings (SSSR count). The van der Waals surface area contributed by atoms with E-state index in [-0.39, 0.29) is 24.9 Å². The van der Waals surface area contributed by atoms with E-state index in [1.807, 2.05) is 12.1 Å². The number of benzene rings is 1. The largest absolute Gasteiger partial charge is 0.386 e. The molecule has 2 aromatic rings. The molecule has 0 radical (unpaired) electrons. The Bertz CT molecular complexity index is 735. The van der Waals surface area contributed by atoms with Gasteiger partial charge in [-0.2, -0.15) is 0 Å². The van der Waals surface area contributed by atoms with Crippen LogP contribution in [0.5, 0.6) is 0 Å². The average molecular weight is 379 g/mol. The van der Waals surface area contributed by atoms with Crippen molar-refractivity contribution in [1.29, 1.82) is 0 Å². The summed E-state index contributed by atoms with van der Waals surface area (Å²) in [4.78, 5) is 18.7. The van der Waals surface area contributed by atoms with Crippen LogP contribution in [0, 0.1) is 0 Å². The molecular formula is C19H20Cl2N2O2. The lowest BCUT2D eigenvalue weighted by Gasteiger charge is -2.39. The molecule has 1 fully saturated rings. The Morgan fingerprint density at radius 3 is 2.68 bits per heavy atom. The van der Waals surface area contributed by atoms with Crippen LogP contribution in [0.1, 0.15) is 36.5 Å². The van der Waals surface area contributed by atoms with E-state index in [4.69, 9.17) is 23.2 Å². The number of hydrogen-bond donors (Lipinski definition) is 1. The SMILES string of the molecule is O=C(Cc1ccc(Cl)c(Cl)c1)N(C[C@@H](O)c1cccnc1)C1CCC1. The minimum absolute atomic E-state index is 0.00831. The van der Waals surface area contributed by atoms with Crippen LogP contribution in [-0.2, 0) is 11.2 Å². The Hall–Kier alpha value is -1.62. The van der Waals surface area contributed by atoms with E-state index in [1.54, 1.807) is 35.5 Å². The summed E-state index contributed by atoms with van der Waals surface area (Å²) in [5.74, 6) is -0.00831. The van der Waals surface area contributed by atoms with E-state index in [0.717, 1.165) is 24.8 Å². The molecule has 1 amide bonds. The summed E-state index contributed by atoms with van der Waals surface area (Å²) in [5.41, 5.74) is 1.54. The Balaban J connectivity index is 1.71. The number of aliphatic hydroxyl groups is 1. The average Bonchev–Trinajstić information content (AvgIpc) is 2.56. The van der Waals surface area contributed by atoms with Crippen molar-refractivity contribution in [1.82, 2.24) is 9.88 Å². The number of amides is 1. The monoisotopic (exact) mass is 378 g/mol. The Labute approximate surface area is 157 Å². The number of pyridine rings is 1. The molecule has 1 aliphatic rings. The number of aliphatic hydroxyl groups excluding tert-OH is 1. The molecule has 6 heteroatoms. The van der Waals surface area contributed by atoms with Gasteiger partial charge >= 0.3 is 0 Å². The molecule has 0 saturated heterocycles. The van der Waals surface area contributed by atoms with Crippen molar-refractivity contribution in [2.45, 2.75) is 37.8 Å². The van der Waals surface area contributed by atoms with E-state index in [9.17, 15) is 9.90 Å². The minimum atomic E-state index is -0.743. The highest BCUT2D eigenvalue weighted by Gasteiger charge is 2.30. The van der Waals surface area contributed by atoms with Crippen LogP contribution in [0.25, 0.3) is 0 Å². The Morgan fingerprint density at radius 2 is 2.08 bits per heavy atom. The Morgan fingerprint density at radius 1 is 1.28 bits per heavy atom. The van der Waals surface area contributed by atoms with Crippen molar-refractivity contribution in [3.63, 3.8) is 0 Å². The number of aromatic nitrogens is 1. The molecular weight excluding hydrogens is 359 g/mol. The molecule has 1 saturated carbocycles. The second-order valence-corrected chi connectivity index (χ2v) is 7.17. The van der Waals surface area contributed by atoms with Gasteiger partial charge < -0.3 is 10.0 Å². The van der Waals surface area contributed by atoms with Gasteiger partial charge in [-0.1, -0.05) is 35.3 Å². The molecule has 132 valence electrons. The maximum absolute atomic E-state index is 12.8. The van der Waals surface area contributed by atoms with Crippen LogP contribution in [0.3, 0.4) is 0 Å². The van der Waals surface area contributed by atoms with Crippen LogP contribution in [0.2, 0.25) is 10.0 Å². The summed E-state index contributed by atoms with van der Waals surface area (Å²) in [6.07, 6.45) is 5.87. The molecule has 0 unspecified atom stereocenters. The van der Waals surface area contributed by atoms with Crippen molar-refractivity contribution in [2.75, 3.05) is 6.54 Å². The number of carbonyl (C=O) groups excluding carboxylic acids is 1. The maximum Gasteiger partial charge on any atom is 0.227 e. The Kier molecular flexibility index (Phi) is 5.94. The lowest BCUT2D eigenvalue weighted by molar-refractivity contribution is -0.136. The summed E-state index contributed by atoms with van der Waals surface area (Å²) in [6, 6.07) is 9.02. The van der Waals surface area contributed by atoms with Crippen LogP contribution in [0.4, 0.5) is 0 Å². The zero-order valence-corrected chi connectivity index (χ0v) is 15.2. The topological polar surface area (TPSA) is 53.4 Å². The summed E-state index contributed by atoms with van der Waals surface area (Å²) in [5, 5.41) is 11.4. The van der Waals surface area contributed by atoms with Crippen LogP contribution in [-0.4, -0.2) is 33.5 Å². The molecule has 1 atom stereocenters. The van der Waals surface area contributed by atoms with Gasteiger partial charge in [-0.25, -0.2) is 0 Å². The van der Waals surface area contributed by atoms with Gasteiger partial charge in [-0.05, 0) is 43.0 Å². The standard InChI is InChI=1S/C19H20Cl2N2O2/c20-16-7-6-13(9-17(16)21)10-19(25)23(15-4-1-5-15)12-18(24)14-3-2-8-22-11-14/h2-3,6-9,11,15,18,24H,1,4-5,10,12H2/t18-/m1/s1. The quantitative estimate of drug-likeness (QED) is 0.824. The van der Waals surface area contributed by atoms with Gasteiger partial charge in [-0.3, -0.25) is 9.78 Å². The molecule has 0 bridgehead atoms. The first-order chi connectivity index (χ1) is 12.0. The smallest absolute Gasteiger partial charge is 0.227 e. The van der Waals surface area contributed by atoms with Crippen LogP contribution in [0.15, 0.2) is 42.7 Å². The van der Waals surface area contributed by atoms with Crippen molar-refractivity contribution in [3.8, 4) is 0 Å². The van der Waals surface area contributed by atoms with E-state index < -0.39 is 6.10 Å². The van der Waals surface area contributed by atoms with Crippen molar-refractivity contribution in [2.24, 2.45) is 0 Å².